The van der Waals surface area contributed by atoms with Gasteiger partial charge in [0.15, 0.2) is 12.4 Å². The molecule has 0 aliphatic carbocycles. The average molecular weight is 389 g/mol. The molecule has 0 aromatic carbocycles. The molecule has 28 heavy (non-hydrogen) atoms. The highest BCUT2D eigenvalue weighted by atomic mass is 14.9. The zero-order chi connectivity index (χ0) is 20.3. The van der Waals surface area contributed by atoms with Crippen LogP contribution < -0.4 is 4.57 Å². The van der Waals surface area contributed by atoms with E-state index in [2.05, 4.69) is 43.8 Å². The molecule has 0 aliphatic heterocycles. The molecule has 1 nitrogen and oxygen atoms in total. The minimum atomic E-state index is 1.20. The summed E-state index contributed by atoms with van der Waals surface area (Å²) in [5.74, 6) is 0. The summed E-state index contributed by atoms with van der Waals surface area (Å²) in [6, 6.07) is 2.51. The van der Waals surface area contributed by atoms with Crippen LogP contribution in [0, 0.1) is 0 Å². The standard InChI is InChI=1S/C27H50N/c1-4-7-10-13-15-17-20-26-23-27(21-18-16-14-11-8-5-2)25-28(24-26)22-19-12-9-6-3/h23-25H,4-22H2,1-3H3/q+1. The molecule has 0 saturated heterocycles. The molecule has 0 fully saturated rings. The van der Waals surface area contributed by atoms with E-state index in [1.54, 1.807) is 11.1 Å². The Morgan fingerprint density at radius 2 is 0.893 bits per heavy atom. The summed E-state index contributed by atoms with van der Waals surface area (Å²) >= 11 is 0. The van der Waals surface area contributed by atoms with E-state index in [-0.39, 0.29) is 0 Å². The third kappa shape index (κ3) is 13.3. The van der Waals surface area contributed by atoms with E-state index in [1.165, 1.54) is 122 Å². The molecule has 1 aromatic rings. The molecule has 1 heteroatoms. The van der Waals surface area contributed by atoms with Gasteiger partial charge in [-0.15, -0.1) is 0 Å². The van der Waals surface area contributed by atoms with Gasteiger partial charge in [-0.2, -0.15) is 0 Å². The lowest BCUT2D eigenvalue weighted by Crippen LogP contribution is -2.34. The first kappa shape index (κ1) is 25.2. The highest BCUT2D eigenvalue weighted by Crippen LogP contribution is 2.13. The number of hydrogen-bond donors (Lipinski definition) is 0. The molecule has 0 N–H and O–H groups in total. The molecular formula is C27H50N+. The summed E-state index contributed by atoms with van der Waals surface area (Å²) in [5, 5.41) is 0. The molecule has 0 bridgehead atoms. The van der Waals surface area contributed by atoms with Gasteiger partial charge >= 0.3 is 0 Å². The van der Waals surface area contributed by atoms with Gasteiger partial charge in [0.25, 0.3) is 0 Å². The smallest absolute Gasteiger partial charge is 0.171 e. The summed E-state index contributed by atoms with van der Waals surface area (Å²) in [5.41, 5.74) is 3.16. The summed E-state index contributed by atoms with van der Waals surface area (Å²) < 4.78 is 2.51. The predicted octanol–water partition coefficient (Wildman–Crippen LogP) is 8.36. The summed E-state index contributed by atoms with van der Waals surface area (Å²) in [7, 11) is 0. The minimum absolute atomic E-state index is 1.20. The van der Waals surface area contributed by atoms with E-state index in [4.69, 9.17) is 0 Å². The molecule has 0 radical (unpaired) electrons. The van der Waals surface area contributed by atoms with Crippen LogP contribution in [0.25, 0.3) is 0 Å². The largest absolute Gasteiger partial charge is 0.205 e. The second-order valence-corrected chi connectivity index (χ2v) is 8.89. The zero-order valence-electron chi connectivity index (χ0n) is 19.6. The van der Waals surface area contributed by atoms with Crippen molar-refractivity contribution in [2.45, 2.75) is 143 Å². The minimum Gasteiger partial charge on any atom is -0.205 e. The Kier molecular flexibility index (Phi) is 16.4. The molecule has 162 valence electrons. The molecule has 0 spiro atoms. The van der Waals surface area contributed by atoms with Gasteiger partial charge in [-0.1, -0.05) is 97.8 Å². The quantitative estimate of drug-likeness (QED) is 0.165. The Bertz CT molecular complexity index is 431. The van der Waals surface area contributed by atoms with Crippen LogP contribution in [-0.2, 0) is 19.4 Å². The van der Waals surface area contributed by atoms with Gasteiger partial charge in [0.1, 0.15) is 6.54 Å². The third-order valence-electron chi connectivity index (χ3n) is 5.94. The lowest BCUT2D eigenvalue weighted by atomic mass is 10.0. The van der Waals surface area contributed by atoms with Gasteiger partial charge in [-0.25, -0.2) is 4.57 Å². The van der Waals surface area contributed by atoms with Gasteiger partial charge in [0.2, 0.25) is 0 Å². The van der Waals surface area contributed by atoms with Crippen LogP contribution in [0.3, 0.4) is 0 Å². The average Bonchev–Trinajstić information content (AvgIpc) is 2.70. The van der Waals surface area contributed by atoms with Crippen LogP contribution in [0.1, 0.15) is 135 Å². The van der Waals surface area contributed by atoms with Crippen molar-refractivity contribution in [2.24, 2.45) is 0 Å². The molecule has 0 aliphatic rings. The number of aryl methyl sites for hydroxylation is 3. The Balaban J connectivity index is 2.49. The van der Waals surface area contributed by atoms with Crippen LogP contribution in [0.5, 0.6) is 0 Å². The van der Waals surface area contributed by atoms with Crippen molar-refractivity contribution in [3.05, 3.63) is 29.6 Å². The lowest BCUT2D eigenvalue weighted by Gasteiger charge is -2.07. The molecule has 1 heterocycles. The first-order valence-corrected chi connectivity index (χ1v) is 12.8. The number of hydrogen-bond acceptors (Lipinski definition) is 0. The van der Waals surface area contributed by atoms with Crippen molar-refractivity contribution in [2.75, 3.05) is 0 Å². The maximum atomic E-state index is 2.51. The van der Waals surface area contributed by atoms with Crippen LogP contribution in [0.15, 0.2) is 18.5 Å². The Hall–Kier alpha value is -0.850. The highest BCUT2D eigenvalue weighted by Gasteiger charge is 2.08. The van der Waals surface area contributed by atoms with Crippen molar-refractivity contribution >= 4 is 0 Å². The SMILES string of the molecule is CCCCCCCCc1cc(CCCCCCCC)c[n+](CCCCCC)c1. The number of unbranched alkanes of at least 4 members (excludes halogenated alkanes) is 13. The van der Waals surface area contributed by atoms with Crippen LogP contribution in [0.2, 0.25) is 0 Å². The normalized spacial score (nSPS) is 11.2. The first-order chi connectivity index (χ1) is 13.8. The lowest BCUT2D eigenvalue weighted by molar-refractivity contribution is -0.698. The third-order valence-corrected chi connectivity index (χ3v) is 5.94. The molecule has 0 unspecified atom stereocenters. The highest BCUT2D eigenvalue weighted by molar-refractivity contribution is 5.15. The van der Waals surface area contributed by atoms with E-state index in [9.17, 15) is 0 Å². The van der Waals surface area contributed by atoms with Crippen molar-refractivity contribution in [1.29, 1.82) is 0 Å². The summed E-state index contributed by atoms with van der Waals surface area (Å²) in [6.07, 6.45) is 29.6. The molecule has 0 amide bonds. The van der Waals surface area contributed by atoms with E-state index >= 15 is 0 Å². The number of rotatable bonds is 19. The summed E-state index contributed by atoms with van der Waals surface area (Å²) in [4.78, 5) is 0. The molecule has 1 aromatic heterocycles. The number of pyridine rings is 1. The van der Waals surface area contributed by atoms with Gasteiger partial charge in [0, 0.05) is 17.5 Å². The molecule has 1 rings (SSSR count). The van der Waals surface area contributed by atoms with E-state index in [0.29, 0.717) is 0 Å². The molecular weight excluding hydrogens is 338 g/mol. The van der Waals surface area contributed by atoms with Crippen LogP contribution in [-0.4, -0.2) is 0 Å². The van der Waals surface area contributed by atoms with Crippen LogP contribution >= 0.6 is 0 Å². The Morgan fingerprint density at radius 1 is 0.500 bits per heavy atom. The number of nitrogens with zero attached hydrogens (tertiary/aromatic N) is 1. The van der Waals surface area contributed by atoms with E-state index in [1.807, 2.05) is 0 Å². The van der Waals surface area contributed by atoms with Crippen molar-refractivity contribution in [3.8, 4) is 0 Å². The predicted molar refractivity (Wildman–Crippen MR) is 125 cm³/mol. The first-order valence-electron chi connectivity index (χ1n) is 12.8. The maximum Gasteiger partial charge on any atom is 0.171 e. The zero-order valence-corrected chi connectivity index (χ0v) is 19.6. The van der Waals surface area contributed by atoms with E-state index < -0.39 is 0 Å². The maximum absolute atomic E-state index is 2.51. The van der Waals surface area contributed by atoms with Gasteiger partial charge in [-0.05, 0) is 38.2 Å². The summed E-state index contributed by atoms with van der Waals surface area (Å²) in [6.45, 7) is 8.10. The topological polar surface area (TPSA) is 3.88 Å². The second-order valence-electron chi connectivity index (χ2n) is 8.89. The fraction of sp³-hybridized carbons (Fsp3) is 0.815. The molecule has 0 saturated carbocycles. The van der Waals surface area contributed by atoms with Crippen molar-refractivity contribution < 1.29 is 4.57 Å². The fourth-order valence-electron chi connectivity index (χ4n) is 4.12. The van der Waals surface area contributed by atoms with Crippen LogP contribution in [0.4, 0.5) is 0 Å². The van der Waals surface area contributed by atoms with Gasteiger partial charge in [0.05, 0.1) is 0 Å². The van der Waals surface area contributed by atoms with Crippen molar-refractivity contribution in [1.82, 2.24) is 0 Å². The second kappa shape index (κ2) is 18.2. The van der Waals surface area contributed by atoms with Crippen molar-refractivity contribution in [3.63, 3.8) is 0 Å². The van der Waals surface area contributed by atoms with E-state index in [0.717, 1.165) is 0 Å². The number of aromatic nitrogens is 1. The van der Waals surface area contributed by atoms with Gasteiger partial charge < -0.3 is 0 Å². The Morgan fingerprint density at radius 3 is 1.36 bits per heavy atom. The Labute approximate surface area is 177 Å². The fourth-order valence-corrected chi connectivity index (χ4v) is 4.12. The monoisotopic (exact) mass is 388 g/mol. The van der Waals surface area contributed by atoms with Gasteiger partial charge in [-0.3, -0.25) is 0 Å². The molecule has 0 atom stereocenters.